The lowest BCUT2D eigenvalue weighted by Gasteiger charge is -2.17. The third kappa shape index (κ3) is 1.91. The van der Waals surface area contributed by atoms with Crippen LogP contribution in [0.5, 0.6) is 0 Å². The van der Waals surface area contributed by atoms with Gasteiger partial charge in [0.15, 0.2) is 0 Å². The lowest BCUT2D eigenvalue weighted by Crippen LogP contribution is -2.23. The van der Waals surface area contributed by atoms with Crippen LogP contribution >= 0.6 is 11.3 Å². The number of hydrogen-bond donors (Lipinski definition) is 2. The molecule has 2 atom stereocenters. The van der Waals surface area contributed by atoms with Crippen LogP contribution in [0, 0.1) is 23.2 Å². The number of thiophene rings is 1. The molecule has 1 aromatic heterocycles. The van der Waals surface area contributed by atoms with E-state index in [0.29, 0.717) is 22.3 Å². The van der Waals surface area contributed by atoms with E-state index in [9.17, 15) is 4.79 Å². The highest BCUT2D eigenvalue weighted by atomic mass is 32.1. The first kappa shape index (κ1) is 12.7. The fourth-order valence-corrected chi connectivity index (χ4v) is 3.31. The lowest BCUT2D eigenvalue weighted by atomic mass is 10.0. The van der Waals surface area contributed by atoms with Crippen molar-refractivity contribution in [3.63, 3.8) is 0 Å². The van der Waals surface area contributed by atoms with Crippen LogP contribution in [0.15, 0.2) is 0 Å². The third-order valence-electron chi connectivity index (χ3n) is 3.55. The minimum atomic E-state index is -0.563. The highest BCUT2D eigenvalue weighted by molar-refractivity contribution is 7.17. The van der Waals surface area contributed by atoms with Crippen LogP contribution in [-0.2, 0) is 0 Å². The molecule has 5 nitrogen and oxygen atoms in total. The predicted octanol–water partition coefficient (Wildman–Crippen LogP) is 1.39. The lowest BCUT2D eigenvalue weighted by molar-refractivity contribution is 0.100. The normalized spacial score (nSPS) is 23.1. The van der Waals surface area contributed by atoms with E-state index in [1.807, 2.05) is 6.07 Å². The molecule has 1 amide bonds. The van der Waals surface area contributed by atoms with Gasteiger partial charge >= 0.3 is 0 Å². The first-order valence-electron chi connectivity index (χ1n) is 5.82. The molecule has 0 bridgehead atoms. The highest BCUT2D eigenvalue weighted by Crippen LogP contribution is 2.40. The second-order valence-electron chi connectivity index (χ2n) is 4.86. The van der Waals surface area contributed by atoms with E-state index in [-0.39, 0.29) is 5.69 Å². The Labute approximate surface area is 110 Å². The van der Waals surface area contributed by atoms with Gasteiger partial charge in [0.2, 0.25) is 0 Å². The van der Waals surface area contributed by atoms with Gasteiger partial charge < -0.3 is 16.4 Å². The summed E-state index contributed by atoms with van der Waals surface area (Å²) in [5, 5.41) is 9.74. The van der Waals surface area contributed by atoms with Crippen molar-refractivity contribution in [3.8, 4) is 6.07 Å². The van der Waals surface area contributed by atoms with Crippen molar-refractivity contribution >= 4 is 27.9 Å². The maximum atomic E-state index is 11.5. The summed E-state index contributed by atoms with van der Waals surface area (Å²) in [5.74, 6) is 0.548. The van der Waals surface area contributed by atoms with Gasteiger partial charge in [-0.1, -0.05) is 13.8 Å². The number of nitriles is 1. The molecule has 0 aliphatic carbocycles. The molecule has 1 aliphatic rings. The van der Waals surface area contributed by atoms with E-state index in [0.717, 1.165) is 18.1 Å². The van der Waals surface area contributed by atoms with Crippen LogP contribution in [0.4, 0.5) is 10.7 Å². The summed E-state index contributed by atoms with van der Waals surface area (Å²) in [6.07, 6.45) is 0. The average Bonchev–Trinajstić information content (AvgIpc) is 2.80. The number of primary amides is 1. The van der Waals surface area contributed by atoms with E-state index in [1.54, 1.807) is 0 Å². The van der Waals surface area contributed by atoms with Gasteiger partial charge in [-0.05, 0) is 11.8 Å². The Morgan fingerprint density at radius 2 is 2.00 bits per heavy atom. The molecule has 0 saturated carbocycles. The van der Waals surface area contributed by atoms with Gasteiger partial charge in [0, 0.05) is 13.1 Å². The topological polar surface area (TPSA) is 96.1 Å². The number of carbonyl (C=O) groups excluding carboxylic acids is 1. The molecule has 1 aromatic rings. The molecular formula is C12H16N4OS. The molecule has 0 aromatic carbocycles. The Morgan fingerprint density at radius 1 is 1.44 bits per heavy atom. The maximum absolute atomic E-state index is 11.5. The van der Waals surface area contributed by atoms with Crippen LogP contribution in [0.3, 0.4) is 0 Å². The summed E-state index contributed by atoms with van der Waals surface area (Å²) in [6, 6.07) is 2.02. The molecule has 18 heavy (non-hydrogen) atoms. The third-order valence-corrected chi connectivity index (χ3v) is 4.72. The molecule has 2 heterocycles. The minimum absolute atomic E-state index is 0.220. The molecule has 1 aliphatic heterocycles. The SMILES string of the molecule is CC1CN(c2sc(C#N)c(N)c2C(N)=O)CC1C. The number of hydrogen-bond acceptors (Lipinski definition) is 5. The van der Waals surface area contributed by atoms with E-state index in [2.05, 4.69) is 18.7 Å². The molecule has 1 fully saturated rings. The second-order valence-corrected chi connectivity index (χ2v) is 5.86. The fraction of sp³-hybridized carbons (Fsp3) is 0.500. The Balaban J connectivity index is 2.45. The predicted molar refractivity (Wildman–Crippen MR) is 72.5 cm³/mol. The Morgan fingerprint density at radius 3 is 2.44 bits per heavy atom. The zero-order valence-corrected chi connectivity index (χ0v) is 11.3. The molecule has 6 heteroatoms. The van der Waals surface area contributed by atoms with Gasteiger partial charge in [-0.15, -0.1) is 11.3 Å². The van der Waals surface area contributed by atoms with Crippen LogP contribution in [0.25, 0.3) is 0 Å². The highest BCUT2D eigenvalue weighted by Gasteiger charge is 2.31. The second kappa shape index (κ2) is 4.50. The number of amides is 1. The number of rotatable bonds is 2. The van der Waals surface area contributed by atoms with Crippen molar-refractivity contribution in [1.82, 2.24) is 0 Å². The van der Waals surface area contributed by atoms with Crippen LogP contribution in [-0.4, -0.2) is 19.0 Å². The summed E-state index contributed by atoms with van der Waals surface area (Å²) in [5.41, 5.74) is 11.7. The molecule has 4 N–H and O–H groups in total. The zero-order chi connectivity index (χ0) is 13.4. The molecule has 96 valence electrons. The Hall–Kier alpha value is -1.74. The molecule has 0 radical (unpaired) electrons. The summed E-state index contributed by atoms with van der Waals surface area (Å²) < 4.78 is 0. The van der Waals surface area contributed by atoms with Gasteiger partial charge in [-0.3, -0.25) is 4.79 Å². The molecular weight excluding hydrogens is 248 g/mol. The van der Waals surface area contributed by atoms with Gasteiger partial charge in [0.1, 0.15) is 15.9 Å². The van der Waals surface area contributed by atoms with E-state index >= 15 is 0 Å². The molecule has 1 saturated heterocycles. The van der Waals surface area contributed by atoms with Crippen molar-refractivity contribution in [3.05, 3.63) is 10.4 Å². The van der Waals surface area contributed by atoms with Gasteiger partial charge in [0.05, 0.1) is 11.3 Å². The number of nitrogens with zero attached hydrogens (tertiary/aromatic N) is 2. The number of nitrogen functional groups attached to an aromatic ring is 1. The van der Waals surface area contributed by atoms with E-state index in [1.165, 1.54) is 11.3 Å². The zero-order valence-electron chi connectivity index (χ0n) is 10.4. The monoisotopic (exact) mass is 264 g/mol. The van der Waals surface area contributed by atoms with E-state index < -0.39 is 5.91 Å². The Bertz CT molecular complexity index is 521. The van der Waals surface area contributed by atoms with Crippen LogP contribution < -0.4 is 16.4 Å². The van der Waals surface area contributed by atoms with Gasteiger partial charge in [-0.25, -0.2) is 0 Å². The summed E-state index contributed by atoms with van der Waals surface area (Å²) in [4.78, 5) is 14.0. The largest absolute Gasteiger partial charge is 0.396 e. The number of carbonyl (C=O) groups is 1. The smallest absolute Gasteiger partial charge is 0.253 e. The van der Waals surface area contributed by atoms with Crippen LogP contribution in [0.1, 0.15) is 29.1 Å². The average molecular weight is 264 g/mol. The first-order chi connectivity index (χ1) is 8.45. The molecule has 2 rings (SSSR count). The summed E-state index contributed by atoms with van der Waals surface area (Å²) >= 11 is 1.25. The van der Waals surface area contributed by atoms with Crippen molar-refractivity contribution in [2.45, 2.75) is 13.8 Å². The number of anilines is 2. The van der Waals surface area contributed by atoms with Gasteiger partial charge in [0.25, 0.3) is 5.91 Å². The minimum Gasteiger partial charge on any atom is -0.396 e. The fourth-order valence-electron chi connectivity index (χ4n) is 2.27. The molecule has 2 unspecified atom stereocenters. The van der Waals surface area contributed by atoms with Crippen LogP contribution in [0.2, 0.25) is 0 Å². The standard InChI is InChI=1S/C12H16N4OS/c1-6-4-16(5-7(6)2)12-9(11(15)17)10(14)8(3-13)18-12/h6-7H,4-5,14H2,1-2H3,(H2,15,17). The Kier molecular flexibility index (Phi) is 3.18. The van der Waals surface area contributed by atoms with Crippen molar-refractivity contribution in [2.24, 2.45) is 17.6 Å². The maximum Gasteiger partial charge on any atom is 0.253 e. The summed E-state index contributed by atoms with van der Waals surface area (Å²) in [7, 11) is 0. The van der Waals surface area contributed by atoms with Crippen molar-refractivity contribution in [2.75, 3.05) is 23.7 Å². The molecule has 0 spiro atoms. The summed E-state index contributed by atoms with van der Waals surface area (Å²) in [6.45, 7) is 6.09. The number of nitrogens with two attached hydrogens (primary N) is 2. The van der Waals surface area contributed by atoms with Crippen molar-refractivity contribution in [1.29, 1.82) is 5.26 Å². The van der Waals surface area contributed by atoms with E-state index in [4.69, 9.17) is 16.7 Å². The van der Waals surface area contributed by atoms with Gasteiger partial charge in [-0.2, -0.15) is 5.26 Å². The quantitative estimate of drug-likeness (QED) is 0.843. The first-order valence-corrected chi connectivity index (χ1v) is 6.64. The van der Waals surface area contributed by atoms with Crippen molar-refractivity contribution < 1.29 is 4.79 Å².